The summed E-state index contributed by atoms with van der Waals surface area (Å²) < 4.78 is 0. The van der Waals surface area contributed by atoms with Crippen molar-refractivity contribution in [1.82, 2.24) is 10.3 Å². The number of rotatable bonds is 5. The first-order valence-corrected chi connectivity index (χ1v) is 9.72. The largest absolute Gasteiger partial charge is 0.370 e. The van der Waals surface area contributed by atoms with E-state index in [4.69, 9.17) is 0 Å². The number of nitrogens with zero attached hydrogens (tertiary/aromatic N) is 3. The Bertz CT molecular complexity index is 1030. The Balaban J connectivity index is 1.43. The SMILES string of the molecule is O=C(NCc1ccccc1)C1CCN(c2ccc([N+](=O)[O-])c3cccnc23)CC1. The highest BCUT2D eigenvalue weighted by Crippen LogP contribution is 2.34. The molecule has 0 bridgehead atoms. The van der Waals surface area contributed by atoms with E-state index in [9.17, 15) is 14.9 Å². The number of anilines is 1. The highest BCUT2D eigenvalue weighted by Gasteiger charge is 2.27. The number of hydrogen-bond acceptors (Lipinski definition) is 5. The van der Waals surface area contributed by atoms with Gasteiger partial charge in [-0.15, -0.1) is 0 Å². The lowest BCUT2D eigenvalue weighted by atomic mass is 9.95. The number of nitrogens with one attached hydrogen (secondary N) is 1. The van der Waals surface area contributed by atoms with Gasteiger partial charge in [0.25, 0.3) is 5.69 Å². The number of carbonyl (C=O) groups excluding carboxylic acids is 1. The number of fused-ring (bicyclic) bond motifs is 1. The monoisotopic (exact) mass is 390 g/mol. The van der Waals surface area contributed by atoms with Gasteiger partial charge >= 0.3 is 0 Å². The average Bonchev–Trinajstić information content (AvgIpc) is 2.77. The number of aromatic nitrogens is 1. The van der Waals surface area contributed by atoms with Gasteiger partial charge in [0.1, 0.15) is 5.52 Å². The van der Waals surface area contributed by atoms with E-state index in [0.717, 1.165) is 24.1 Å². The molecule has 148 valence electrons. The maximum absolute atomic E-state index is 12.5. The van der Waals surface area contributed by atoms with Gasteiger partial charge in [0.2, 0.25) is 5.91 Å². The average molecular weight is 390 g/mol. The molecule has 7 heteroatoms. The lowest BCUT2D eigenvalue weighted by Gasteiger charge is -2.33. The molecule has 0 atom stereocenters. The summed E-state index contributed by atoms with van der Waals surface area (Å²) in [5.41, 5.74) is 2.66. The number of piperidine rings is 1. The minimum absolute atomic E-state index is 0.0211. The molecule has 1 aliphatic rings. The lowest BCUT2D eigenvalue weighted by molar-refractivity contribution is -0.383. The van der Waals surface area contributed by atoms with Crippen LogP contribution in [-0.4, -0.2) is 28.9 Å². The summed E-state index contributed by atoms with van der Waals surface area (Å²) in [6, 6.07) is 16.6. The minimum atomic E-state index is -0.378. The van der Waals surface area contributed by atoms with E-state index in [1.165, 1.54) is 6.07 Å². The topological polar surface area (TPSA) is 88.4 Å². The molecule has 7 nitrogen and oxygen atoms in total. The molecular weight excluding hydrogens is 368 g/mol. The first kappa shape index (κ1) is 18.9. The molecule has 4 rings (SSSR count). The molecule has 3 aromatic rings. The zero-order valence-corrected chi connectivity index (χ0v) is 16.0. The normalized spacial score (nSPS) is 14.7. The Morgan fingerprint density at radius 2 is 1.86 bits per heavy atom. The van der Waals surface area contributed by atoms with Gasteiger partial charge in [-0.1, -0.05) is 30.3 Å². The van der Waals surface area contributed by atoms with Crippen LogP contribution in [0, 0.1) is 16.0 Å². The van der Waals surface area contributed by atoms with Crippen molar-refractivity contribution in [1.29, 1.82) is 0 Å². The Labute approximate surface area is 168 Å². The Morgan fingerprint density at radius 1 is 1.10 bits per heavy atom. The summed E-state index contributed by atoms with van der Waals surface area (Å²) in [5.74, 6) is 0.0624. The van der Waals surface area contributed by atoms with Gasteiger partial charge < -0.3 is 10.2 Å². The van der Waals surface area contributed by atoms with Crippen LogP contribution >= 0.6 is 0 Å². The molecular formula is C22H22N4O3. The van der Waals surface area contributed by atoms with Gasteiger partial charge in [0, 0.05) is 37.8 Å². The van der Waals surface area contributed by atoms with Gasteiger partial charge in [0.15, 0.2) is 0 Å². The second kappa shape index (κ2) is 8.26. The Hall–Kier alpha value is -3.48. The molecule has 2 heterocycles. The summed E-state index contributed by atoms with van der Waals surface area (Å²) in [4.78, 5) is 30.0. The van der Waals surface area contributed by atoms with Crippen molar-refractivity contribution >= 4 is 28.2 Å². The Kier molecular flexibility index (Phi) is 5.37. The number of hydrogen-bond donors (Lipinski definition) is 1. The quantitative estimate of drug-likeness (QED) is 0.530. The van der Waals surface area contributed by atoms with Crippen LogP contribution in [0.2, 0.25) is 0 Å². The Morgan fingerprint density at radius 3 is 2.59 bits per heavy atom. The summed E-state index contributed by atoms with van der Waals surface area (Å²) >= 11 is 0. The van der Waals surface area contributed by atoms with Crippen LogP contribution < -0.4 is 10.2 Å². The molecule has 0 spiro atoms. The summed E-state index contributed by atoms with van der Waals surface area (Å²) in [7, 11) is 0. The molecule has 1 amide bonds. The van der Waals surface area contributed by atoms with Crippen molar-refractivity contribution in [2.45, 2.75) is 19.4 Å². The van der Waals surface area contributed by atoms with Crippen LogP contribution in [0.3, 0.4) is 0 Å². The summed E-state index contributed by atoms with van der Waals surface area (Å²) in [6.07, 6.45) is 3.14. The molecule has 1 N–H and O–H groups in total. The predicted molar refractivity (Wildman–Crippen MR) is 112 cm³/mol. The summed E-state index contributed by atoms with van der Waals surface area (Å²) in [5, 5.41) is 14.9. The van der Waals surface area contributed by atoms with Crippen molar-refractivity contribution in [2.75, 3.05) is 18.0 Å². The fourth-order valence-corrected chi connectivity index (χ4v) is 3.87. The van der Waals surface area contributed by atoms with Crippen molar-refractivity contribution in [3.05, 3.63) is 76.5 Å². The number of nitro groups is 1. The molecule has 29 heavy (non-hydrogen) atoms. The number of pyridine rings is 1. The number of carbonyl (C=O) groups is 1. The maximum Gasteiger partial charge on any atom is 0.278 e. The molecule has 1 saturated heterocycles. The maximum atomic E-state index is 12.5. The third-order valence-electron chi connectivity index (χ3n) is 5.44. The highest BCUT2D eigenvalue weighted by molar-refractivity contribution is 5.97. The van der Waals surface area contributed by atoms with Crippen molar-refractivity contribution in [3.8, 4) is 0 Å². The minimum Gasteiger partial charge on any atom is -0.370 e. The molecule has 0 aliphatic carbocycles. The van der Waals surface area contributed by atoms with E-state index in [0.29, 0.717) is 30.5 Å². The molecule has 1 fully saturated rings. The molecule has 0 unspecified atom stereocenters. The van der Waals surface area contributed by atoms with Crippen LogP contribution in [0.4, 0.5) is 11.4 Å². The lowest BCUT2D eigenvalue weighted by Crippen LogP contribution is -2.40. The number of amides is 1. The van der Waals surface area contributed by atoms with E-state index in [1.54, 1.807) is 24.4 Å². The van der Waals surface area contributed by atoms with Crippen LogP contribution in [0.15, 0.2) is 60.8 Å². The van der Waals surface area contributed by atoms with Crippen LogP contribution in [0.5, 0.6) is 0 Å². The molecule has 1 aliphatic heterocycles. The fraction of sp³-hybridized carbons (Fsp3) is 0.273. The van der Waals surface area contributed by atoms with Crippen LogP contribution in [-0.2, 0) is 11.3 Å². The number of benzene rings is 2. The first-order valence-electron chi connectivity index (χ1n) is 9.72. The molecule has 2 aromatic carbocycles. The molecule has 0 saturated carbocycles. The molecule has 1 aromatic heterocycles. The van der Waals surface area contributed by atoms with E-state index in [-0.39, 0.29) is 22.4 Å². The second-order valence-electron chi connectivity index (χ2n) is 7.23. The number of non-ortho nitro benzene ring substituents is 1. The zero-order chi connectivity index (χ0) is 20.2. The molecule has 0 radical (unpaired) electrons. The van der Waals surface area contributed by atoms with Gasteiger partial charge in [0.05, 0.1) is 16.0 Å². The second-order valence-corrected chi connectivity index (χ2v) is 7.23. The van der Waals surface area contributed by atoms with E-state index in [2.05, 4.69) is 15.2 Å². The van der Waals surface area contributed by atoms with Gasteiger partial charge in [-0.05, 0) is 36.6 Å². The smallest absolute Gasteiger partial charge is 0.278 e. The first-order chi connectivity index (χ1) is 14.1. The van der Waals surface area contributed by atoms with Crippen molar-refractivity contribution in [2.24, 2.45) is 5.92 Å². The fourth-order valence-electron chi connectivity index (χ4n) is 3.87. The third kappa shape index (κ3) is 4.03. The summed E-state index contributed by atoms with van der Waals surface area (Å²) in [6.45, 7) is 1.97. The third-order valence-corrected chi connectivity index (χ3v) is 5.44. The van der Waals surface area contributed by atoms with Crippen LogP contribution in [0.25, 0.3) is 10.9 Å². The standard InChI is InChI=1S/C22H22N4O3/c27-22(24-15-16-5-2-1-3-6-16)17-10-13-25(14-11-17)20-9-8-19(26(28)29)18-7-4-12-23-21(18)20/h1-9,12,17H,10-11,13-15H2,(H,24,27). The van der Waals surface area contributed by atoms with E-state index < -0.39 is 0 Å². The van der Waals surface area contributed by atoms with E-state index >= 15 is 0 Å². The predicted octanol–water partition coefficient (Wildman–Crippen LogP) is 3.68. The van der Waals surface area contributed by atoms with Gasteiger partial charge in [-0.2, -0.15) is 0 Å². The van der Waals surface area contributed by atoms with E-state index in [1.807, 2.05) is 30.3 Å². The van der Waals surface area contributed by atoms with Crippen molar-refractivity contribution in [3.63, 3.8) is 0 Å². The van der Waals surface area contributed by atoms with Crippen LogP contribution in [0.1, 0.15) is 18.4 Å². The highest BCUT2D eigenvalue weighted by atomic mass is 16.6. The van der Waals surface area contributed by atoms with Crippen molar-refractivity contribution < 1.29 is 9.72 Å². The van der Waals surface area contributed by atoms with Gasteiger partial charge in [-0.25, -0.2) is 0 Å². The van der Waals surface area contributed by atoms with Gasteiger partial charge in [-0.3, -0.25) is 19.9 Å². The zero-order valence-electron chi connectivity index (χ0n) is 16.0. The number of nitro benzene ring substituents is 1.